The van der Waals surface area contributed by atoms with Crippen molar-refractivity contribution < 1.29 is 0 Å². The quantitative estimate of drug-likeness (QED) is 0.523. The highest BCUT2D eigenvalue weighted by Gasteiger charge is 2.25. The van der Waals surface area contributed by atoms with Crippen LogP contribution in [-0.4, -0.2) is 0 Å². The average molecular weight is 212 g/mol. The molecule has 0 saturated carbocycles. The van der Waals surface area contributed by atoms with Crippen molar-refractivity contribution in [2.24, 2.45) is 11.1 Å². The Hall–Kier alpha value is -0.0400. The van der Waals surface area contributed by atoms with Crippen LogP contribution in [0.15, 0.2) is 0 Å². The van der Waals surface area contributed by atoms with Gasteiger partial charge < -0.3 is 5.73 Å². The zero-order valence-corrected chi connectivity index (χ0v) is 11.0. The lowest BCUT2D eigenvalue weighted by Crippen LogP contribution is -2.25. The largest absolute Gasteiger partial charge is 0.326 e. The van der Waals surface area contributed by atoms with Gasteiger partial charge in [0.15, 0.2) is 0 Å². The third-order valence-corrected chi connectivity index (χ3v) is 3.61. The smallest absolute Gasteiger partial charge is 0.0255 e. The molecule has 1 nitrogen and oxygen atoms in total. The molecule has 0 aromatic heterocycles. The molecule has 0 aliphatic carbocycles. The van der Waals surface area contributed by atoms with Crippen LogP contribution in [0.25, 0.3) is 0 Å². The van der Waals surface area contributed by atoms with Crippen molar-refractivity contribution in [2.75, 3.05) is 0 Å². The first-order valence-electron chi connectivity index (χ1n) is 6.80. The van der Waals surface area contributed by atoms with Gasteiger partial charge in [-0.3, -0.25) is 0 Å². The van der Waals surface area contributed by atoms with Gasteiger partial charge in [-0.15, -0.1) is 0 Å². The van der Waals surface area contributed by atoms with Crippen LogP contribution in [0.2, 0.25) is 0 Å². The van der Waals surface area contributed by atoms with Gasteiger partial charge in [-0.25, -0.2) is 0 Å². The first-order valence-corrected chi connectivity index (χ1v) is 6.80. The van der Waals surface area contributed by atoms with Crippen molar-refractivity contribution >= 4 is 0 Å². The lowest BCUT2D eigenvalue weighted by atomic mass is 9.76. The minimum Gasteiger partial charge on any atom is -0.326 e. The Morgan fingerprint density at radius 1 is 0.867 bits per heavy atom. The minimum atomic E-state index is 0.337. The fraction of sp³-hybridized carbons (Fsp3) is 0.929. The van der Waals surface area contributed by atoms with Crippen LogP contribution < -0.4 is 5.73 Å². The second-order valence-electron chi connectivity index (χ2n) is 4.80. The van der Waals surface area contributed by atoms with Crippen molar-refractivity contribution in [3.8, 4) is 0 Å². The van der Waals surface area contributed by atoms with Crippen LogP contribution in [-0.2, 0) is 0 Å². The normalized spacial score (nSPS) is 15.2. The third-order valence-electron chi connectivity index (χ3n) is 3.61. The van der Waals surface area contributed by atoms with Crippen molar-refractivity contribution in [3.05, 3.63) is 6.54 Å². The summed E-state index contributed by atoms with van der Waals surface area (Å²) in [4.78, 5) is 0. The fourth-order valence-electron chi connectivity index (χ4n) is 2.20. The molecular formula is C14H30N. The first kappa shape index (κ1) is 15.0. The van der Waals surface area contributed by atoms with E-state index in [0.717, 1.165) is 0 Å². The summed E-state index contributed by atoms with van der Waals surface area (Å²) in [5.41, 5.74) is 6.19. The Bertz CT molecular complexity index is 127. The molecule has 0 bridgehead atoms. The van der Waals surface area contributed by atoms with E-state index in [1.807, 2.05) is 6.54 Å². The van der Waals surface area contributed by atoms with E-state index in [4.69, 9.17) is 5.73 Å². The Labute approximate surface area is 96.8 Å². The van der Waals surface area contributed by atoms with Gasteiger partial charge in [0, 0.05) is 6.54 Å². The van der Waals surface area contributed by atoms with Crippen LogP contribution in [0, 0.1) is 12.0 Å². The van der Waals surface area contributed by atoms with E-state index in [-0.39, 0.29) is 0 Å². The van der Waals surface area contributed by atoms with E-state index >= 15 is 0 Å². The zero-order chi connectivity index (χ0) is 11.6. The minimum absolute atomic E-state index is 0.337. The van der Waals surface area contributed by atoms with E-state index < -0.39 is 0 Å². The summed E-state index contributed by atoms with van der Waals surface area (Å²) in [5.74, 6) is 0. The van der Waals surface area contributed by atoms with E-state index in [1.165, 1.54) is 57.8 Å². The van der Waals surface area contributed by atoms with E-state index in [2.05, 4.69) is 20.8 Å². The fourth-order valence-corrected chi connectivity index (χ4v) is 2.20. The molecule has 0 rings (SSSR count). The highest BCUT2D eigenvalue weighted by atomic mass is 14.6. The highest BCUT2D eigenvalue weighted by molar-refractivity contribution is 4.87. The Kier molecular flexibility index (Phi) is 9.18. The maximum atomic E-state index is 5.85. The van der Waals surface area contributed by atoms with Gasteiger partial charge in [0.05, 0.1) is 0 Å². The molecule has 0 aromatic rings. The molecule has 0 spiro atoms. The Morgan fingerprint density at radius 3 is 1.93 bits per heavy atom. The van der Waals surface area contributed by atoms with Crippen LogP contribution in [0.1, 0.15) is 78.6 Å². The number of hydrogen-bond donors (Lipinski definition) is 1. The molecule has 0 fully saturated rings. The molecule has 1 radical (unpaired) electrons. The van der Waals surface area contributed by atoms with Crippen LogP contribution in [0.4, 0.5) is 0 Å². The van der Waals surface area contributed by atoms with Gasteiger partial charge in [0.25, 0.3) is 0 Å². The van der Waals surface area contributed by atoms with Crippen LogP contribution in [0.5, 0.6) is 0 Å². The van der Waals surface area contributed by atoms with Crippen LogP contribution in [0.3, 0.4) is 0 Å². The second kappa shape index (κ2) is 9.21. The summed E-state index contributed by atoms with van der Waals surface area (Å²) in [7, 11) is 0. The highest BCUT2D eigenvalue weighted by Crippen LogP contribution is 2.35. The van der Waals surface area contributed by atoms with E-state index in [0.29, 0.717) is 5.41 Å². The summed E-state index contributed by atoms with van der Waals surface area (Å²) >= 11 is 0. The molecule has 0 amide bonds. The molecular weight excluding hydrogens is 182 g/mol. The summed E-state index contributed by atoms with van der Waals surface area (Å²) < 4.78 is 0. The molecule has 1 unspecified atom stereocenters. The molecule has 0 aromatic carbocycles. The van der Waals surface area contributed by atoms with E-state index in [9.17, 15) is 0 Å². The number of rotatable bonds is 10. The monoisotopic (exact) mass is 212 g/mol. The molecule has 0 heterocycles. The first-order chi connectivity index (χ1) is 7.24. The Balaban J connectivity index is 3.88. The predicted molar refractivity (Wildman–Crippen MR) is 69.5 cm³/mol. The van der Waals surface area contributed by atoms with Gasteiger partial charge in [0.2, 0.25) is 0 Å². The second-order valence-corrected chi connectivity index (χ2v) is 4.80. The summed E-state index contributed by atoms with van der Waals surface area (Å²) in [5, 5.41) is 0. The van der Waals surface area contributed by atoms with Crippen molar-refractivity contribution in [3.63, 3.8) is 0 Å². The van der Waals surface area contributed by atoms with Crippen molar-refractivity contribution in [1.82, 2.24) is 0 Å². The zero-order valence-electron chi connectivity index (χ0n) is 11.0. The molecule has 1 atom stereocenters. The molecule has 0 aliphatic rings. The van der Waals surface area contributed by atoms with Gasteiger partial charge in [-0.2, -0.15) is 0 Å². The summed E-state index contributed by atoms with van der Waals surface area (Å²) in [6, 6.07) is 0. The lowest BCUT2D eigenvalue weighted by Gasteiger charge is -2.31. The topological polar surface area (TPSA) is 26.0 Å². The van der Waals surface area contributed by atoms with Gasteiger partial charge in [-0.05, 0) is 24.7 Å². The maximum Gasteiger partial charge on any atom is 0.0255 e. The number of unbranched alkanes of at least 4 members (excludes halogenated alkanes) is 4. The summed E-state index contributed by atoms with van der Waals surface area (Å²) in [6.45, 7) is 8.78. The van der Waals surface area contributed by atoms with Crippen molar-refractivity contribution in [2.45, 2.75) is 78.6 Å². The molecule has 15 heavy (non-hydrogen) atoms. The van der Waals surface area contributed by atoms with Gasteiger partial charge in [-0.1, -0.05) is 59.3 Å². The molecule has 91 valence electrons. The third kappa shape index (κ3) is 6.19. The van der Waals surface area contributed by atoms with E-state index in [1.54, 1.807) is 0 Å². The lowest BCUT2D eigenvalue weighted by molar-refractivity contribution is 0.259. The maximum absolute atomic E-state index is 5.85. The summed E-state index contributed by atoms with van der Waals surface area (Å²) in [6.07, 6.45) is 11.8. The SMILES string of the molecule is CCCCCCC([CH]N)(CC)CCCC. The number of hydrogen-bond acceptors (Lipinski definition) is 1. The molecule has 0 aliphatic heterocycles. The predicted octanol–water partition coefficient (Wildman–Crippen LogP) is 4.66. The van der Waals surface area contributed by atoms with Crippen molar-refractivity contribution in [1.29, 1.82) is 0 Å². The molecule has 2 N–H and O–H groups in total. The molecule has 0 saturated heterocycles. The number of nitrogens with two attached hydrogens (primary N) is 1. The van der Waals surface area contributed by atoms with Gasteiger partial charge >= 0.3 is 0 Å². The Morgan fingerprint density at radius 2 is 1.47 bits per heavy atom. The van der Waals surface area contributed by atoms with Crippen LogP contribution >= 0.6 is 0 Å². The average Bonchev–Trinajstić information content (AvgIpc) is 2.29. The van der Waals surface area contributed by atoms with Gasteiger partial charge in [0.1, 0.15) is 0 Å². The standard InChI is InChI=1S/C14H30N/c1-4-7-9-10-12-14(6-3,13-15)11-8-5-2/h13H,4-12,15H2,1-3H3. The molecule has 1 heteroatoms.